The Morgan fingerprint density at radius 3 is 2.30 bits per heavy atom. The number of furan rings is 1. The maximum absolute atomic E-state index is 13.5. The zero-order chi connectivity index (χ0) is 24.6. The average molecular weight is 480 g/mol. The Hall–Kier alpha value is -2.39. The number of hydrogen-bond donors (Lipinski definition) is 2. The number of sulfonamides is 1. The second-order valence-corrected chi connectivity index (χ2v) is 11.0. The summed E-state index contributed by atoms with van der Waals surface area (Å²) in [7, 11) is -3.93. The largest absolute Gasteiger partial charge is 0.464 e. The number of nitrogens with zero attached hydrogens (tertiary/aromatic N) is 1. The summed E-state index contributed by atoms with van der Waals surface area (Å²) in [4.78, 5) is 26.4. The topological polar surface area (TPSA) is 109 Å². The molecule has 0 aliphatic carbocycles. The third-order valence-corrected chi connectivity index (χ3v) is 6.58. The highest BCUT2D eigenvalue weighted by atomic mass is 32.2. The highest BCUT2D eigenvalue weighted by Crippen LogP contribution is 2.21. The van der Waals surface area contributed by atoms with Gasteiger partial charge >= 0.3 is 0 Å². The molecule has 8 nitrogen and oxygen atoms in total. The number of fused-ring (bicyclic) bond motifs is 1. The molecule has 0 saturated carbocycles. The summed E-state index contributed by atoms with van der Waals surface area (Å²) in [6, 6.07) is 5.44. The van der Waals surface area contributed by atoms with Crippen LogP contribution in [-0.2, 0) is 19.6 Å². The van der Waals surface area contributed by atoms with Crippen LogP contribution in [0, 0.1) is 11.8 Å². The third kappa shape index (κ3) is 8.47. The predicted octanol–water partition coefficient (Wildman–Crippen LogP) is 3.53. The fraction of sp³-hybridized carbons (Fsp3) is 0.583. The molecule has 0 spiro atoms. The van der Waals surface area contributed by atoms with Gasteiger partial charge in [0.25, 0.3) is 0 Å². The fourth-order valence-electron chi connectivity index (χ4n) is 3.69. The number of benzene rings is 1. The number of unbranched alkanes of at least 4 members (excludes halogenated alkanes) is 1. The Morgan fingerprint density at radius 1 is 1.03 bits per heavy atom. The van der Waals surface area contributed by atoms with Gasteiger partial charge in [0.1, 0.15) is 11.6 Å². The fourth-order valence-corrected chi connectivity index (χ4v) is 4.95. The van der Waals surface area contributed by atoms with E-state index < -0.39 is 16.1 Å². The molecule has 0 aliphatic heterocycles. The molecule has 184 valence electrons. The first-order valence-corrected chi connectivity index (χ1v) is 13.0. The second kappa shape index (κ2) is 12.2. The zero-order valence-electron chi connectivity index (χ0n) is 20.3. The van der Waals surface area contributed by atoms with Crippen LogP contribution in [-0.4, -0.2) is 50.8 Å². The van der Waals surface area contributed by atoms with Gasteiger partial charge in [0.2, 0.25) is 21.8 Å². The molecular weight excluding hydrogens is 442 g/mol. The Labute approximate surface area is 197 Å². The van der Waals surface area contributed by atoms with Gasteiger partial charge in [-0.25, -0.2) is 8.42 Å². The molecule has 1 aromatic heterocycles. The second-order valence-electron chi connectivity index (χ2n) is 9.30. The molecular formula is C24H37N3O5S. The highest BCUT2D eigenvalue weighted by Gasteiger charge is 2.30. The van der Waals surface area contributed by atoms with Gasteiger partial charge in [-0.15, -0.1) is 0 Å². The molecule has 2 N–H and O–H groups in total. The SMILES string of the molecule is CC(=O)NCCCCC(NS(=O)(=O)c1ccc2occc2c1)C(=O)N(CC(C)C)CC(C)C. The molecule has 2 amide bonds. The summed E-state index contributed by atoms with van der Waals surface area (Å²) < 4.78 is 34.3. The molecule has 2 rings (SSSR count). The maximum Gasteiger partial charge on any atom is 0.241 e. The monoisotopic (exact) mass is 479 g/mol. The van der Waals surface area contributed by atoms with E-state index in [1.165, 1.54) is 19.3 Å². The third-order valence-electron chi connectivity index (χ3n) is 5.11. The lowest BCUT2D eigenvalue weighted by Gasteiger charge is -2.30. The standard InChI is InChI=1S/C24H37N3O5S/c1-17(2)15-27(16-18(3)4)24(29)22(8-6-7-12-25-19(5)28)26-33(30,31)21-9-10-23-20(14-21)11-13-32-23/h9-11,13-14,17-18,22,26H,6-8,12,15-16H2,1-5H3,(H,25,28). The minimum atomic E-state index is -3.93. The van der Waals surface area contributed by atoms with E-state index in [0.29, 0.717) is 49.9 Å². The van der Waals surface area contributed by atoms with Crippen LogP contribution in [0.3, 0.4) is 0 Å². The summed E-state index contributed by atoms with van der Waals surface area (Å²) in [5.74, 6) is 0.185. The van der Waals surface area contributed by atoms with Gasteiger partial charge in [-0.3, -0.25) is 9.59 Å². The highest BCUT2D eigenvalue weighted by molar-refractivity contribution is 7.89. The van der Waals surface area contributed by atoms with Crippen LogP contribution in [0.4, 0.5) is 0 Å². The van der Waals surface area contributed by atoms with Crippen LogP contribution >= 0.6 is 0 Å². The molecule has 2 aromatic rings. The van der Waals surface area contributed by atoms with Crippen molar-refractivity contribution in [2.75, 3.05) is 19.6 Å². The van der Waals surface area contributed by atoms with Crippen molar-refractivity contribution in [1.82, 2.24) is 14.9 Å². The van der Waals surface area contributed by atoms with Crippen molar-refractivity contribution < 1.29 is 22.4 Å². The molecule has 1 heterocycles. The molecule has 1 unspecified atom stereocenters. The van der Waals surface area contributed by atoms with Crippen LogP contribution in [0.15, 0.2) is 39.8 Å². The molecule has 0 saturated heterocycles. The lowest BCUT2D eigenvalue weighted by atomic mass is 10.1. The normalized spacial score (nSPS) is 12.9. The Kier molecular flexibility index (Phi) is 9.91. The van der Waals surface area contributed by atoms with Crippen molar-refractivity contribution in [2.24, 2.45) is 11.8 Å². The number of nitrogens with one attached hydrogen (secondary N) is 2. The maximum atomic E-state index is 13.5. The van der Waals surface area contributed by atoms with E-state index in [-0.39, 0.29) is 28.5 Å². The van der Waals surface area contributed by atoms with Crippen molar-refractivity contribution >= 4 is 32.8 Å². The van der Waals surface area contributed by atoms with Crippen LogP contribution in [0.25, 0.3) is 11.0 Å². The Bertz CT molecular complexity index is 1020. The van der Waals surface area contributed by atoms with Crippen molar-refractivity contribution in [3.8, 4) is 0 Å². The van der Waals surface area contributed by atoms with E-state index in [1.807, 2.05) is 27.7 Å². The van der Waals surface area contributed by atoms with Gasteiger partial charge in [-0.05, 0) is 55.4 Å². The van der Waals surface area contributed by atoms with Gasteiger partial charge in [-0.1, -0.05) is 27.7 Å². The summed E-state index contributed by atoms with van der Waals surface area (Å²) >= 11 is 0. The van der Waals surface area contributed by atoms with Crippen LogP contribution in [0.5, 0.6) is 0 Å². The van der Waals surface area contributed by atoms with E-state index >= 15 is 0 Å². The first-order valence-electron chi connectivity index (χ1n) is 11.5. The number of amides is 2. The minimum absolute atomic E-state index is 0.0896. The quantitative estimate of drug-likeness (QED) is 0.427. The smallest absolute Gasteiger partial charge is 0.241 e. The lowest BCUT2D eigenvalue weighted by Crippen LogP contribution is -2.50. The van der Waals surface area contributed by atoms with Gasteiger partial charge < -0.3 is 14.6 Å². The van der Waals surface area contributed by atoms with Crippen molar-refractivity contribution in [2.45, 2.75) is 64.8 Å². The first-order chi connectivity index (χ1) is 15.5. The molecule has 0 bridgehead atoms. The first kappa shape index (κ1) is 26.9. The number of hydrogen-bond acceptors (Lipinski definition) is 5. The van der Waals surface area contributed by atoms with E-state index in [1.54, 1.807) is 23.1 Å². The van der Waals surface area contributed by atoms with Gasteiger partial charge in [-0.2, -0.15) is 4.72 Å². The summed E-state index contributed by atoms with van der Waals surface area (Å²) in [5, 5.41) is 3.41. The van der Waals surface area contributed by atoms with Gasteiger partial charge in [0, 0.05) is 31.9 Å². The van der Waals surface area contributed by atoms with Crippen molar-refractivity contribution in [3.05, 3.63) is 30.5 Å². The number of carbonyl (C=O) groups excluding carboxylic acids is 2. The van der Waals surface area contributed by atoms with Crippen LogP contribution < -0.4 is 10.0 Å². The molecule has 1 aromatic carbocycles. The number of rotatable bonds is 13. The molecule has 0 aliphatic rings. The zero-order valence-corrected chi connectivity index (χ0v) is 21.1. The van der Waals surface area contributed by atoms with Crippen molar-refractivity contribution in [3.63, 3.8) is 0 Å². The van der Waals surface area contributed by atoms with Gasteiger partial charge in [0.15, 0.2) is 0 Å². The van der Waals surface area contributed by atoms with Crippen LogP contribution in [0.1, 0.15) is 53.9 Å². The average Bonchev–Trinajstić information content (AvgIpc) is 3.18. The van der Waals surface area contributed by atoms with E-state index in [0.717, 1.165) is 0 Å². The van der Waals surface area contributed by atoms with Crippen LogP contribution in [0.2, 0.25) is 0 Å². The molecule has 1 atom stereocenters. The summed E-state index contributed by atoms with van der Waals surface area (Å²) in [5.41, 5.74) is 0.597. The molecule has 0 radical (unpaired) electrons. The van der Waals surface area contributed by atoms with Crippen molar-refractivity contribution in [1.29, 1.82) is 0 Å². The minimum Gasteiger partial charge on any atom is -0.464 e. The van der Waals surface area contributed by atoms with E-state index in [4.69, 9.17) is 4.42 Å². The predicted molar refractivity (Wildman–Crippen MR) is 129 cm³/mol. The van der Waals surface area contributed by atoms with E-state index in [2.05, 4.69) is 10.0 Å². The Morgan fingerprint density at radius 2 is 1.70 bits per heavy atom. The molecule has 0 fully saturated rings. The number of carbonyl (C=O) groups is 2. The lowest BCUT2D eigenvalue weighted by molar-refractivity contribution is -0.134. The Balaban J connectivity index is 2.23. The summed E-state index contributed by atoms with van der Waals surface area (Å²) in [6.07, 6.45) is 3.10. The summed E-state index contributed by atoms with van der Waals surface area (Å²) in [6.45, 7) is 11.2. The molecule has 33 heavy (non-hydrogen) atoms. The van der Waals surface area contributed by atoms with E-state index in [9.17, 15) is 18.0 Å². The molecule has 9 heteroatoms. The van der Waals surface area contributed by atoms with Gasteiger partial charge in [0.05, 0.1) is 11.2 Å².